The molecule has 0 fully saturated rings. The molecule has 0 saturated heterocycles. The van der Waals surface area contributed by atoms with Crippen LogP contribution in [-0.2, 0) is 0 Å². The summed E-state index contributed by atoms with van der Waals surface area (Å²) in [7, 11) is 1.67. The molecule has 3 nitrogen and oxygen atoms in total. The number of benzene rings is 2. The Bertz CT molecular complexity index is 713. The van der Waals surface area contributed by atoms with Crippen LogP contribution >= 0.6 is 0 Å². The second-order valence-corrected chi connectivity index (χ2v) is 4.59. The van der Waals surface area contributed by atoms with Gasteiger partial charge in [0.15, 0.2) is 0 Å². The van der Waals surface area contributed by atoms with Crippen LogP contribution in [0.3, 0.4) is 0 Å². The average Bonchev–Trinajstić information content (AvgIpc) is 2.91. The Balaban J connectivity index is 1.98. The fourth-order valence-corrected chi connectivity index (χ4v) is 2.29. The van der Waals surface area contributed by atoms with Crippen molar-refractivity contribution in [1.29, 1.82) is 0 Å². The molecule has 20 heavy (non-hydrogen) atoms. The fraction of sp³-hybridized carbons (Fsp3) is 0.176. The van der Waals surface area contributed by atoms with E-state index in [4.69, 9.17) is 9.47 Å². The lowest BCUT2D eigenvalue weighted by Crippen LogP contribution is -1.90. The highest BCUT2D eigenvalue weighted by Crippen LogP contribution is 2.28. The molecule has 0 radical (unpaired) electrons. The van der Waals surface area contributed by atoms with Crippen LogP contribution in [0.1, 0.15) is 6.92 Å². The van der Waals surface area contributed by atoms with Crippen molar-refractivity contribution in [3.05, 3.63) is 48.5 Å². The zero-order valence-electron chi connectivity index (χ0n) is 11.6. The quantitative estimate of drug-likeness (QED) is 0.767. The average molecular weight is 267 g/mol. The molecule has 0 aliphatic heterocycles. The van der Waals surface area contributed by atoms with Gasteiger partial charge in [0, 0.05) is 16.6 Å². The summed E-state index contributed by atoms with van der Waals surface area (Å²) in [5.41, 5.74) is 3.34. The van der Waals surface area contributed by atoms with Gasteiger partial charge in [0.1, 0.15) is 11.5 Å². The van der Waals surface area contributed by atoms with Gasteiger partial charge < -0.3 is 14.5 Å². The van der Waals surface area contributed by atoms with E-state index in [2.05, 4.69) is 17.1 Å². The normalized spacial score (nSPS) is 10.7. The second-order valence-electron chi connectivity index (χ2n) is 4.59. The van der Waals surface area contributed by atoms with Crippen LogP contribution in [0.4, 0.5) is 0 Å². The number of fused-ring (bicyclic) bond motifs is 1. The molecular formula is C17H17NO2. The number of nitrogens with one attached hydrogen (secondary N) is 1. The van der Waals surface area contributed by atoms with Crippen LogP contribution in [0.15, 0.2) is 48.5 Å². The van der Waals surface area contributed by atoms with E-state index in [-0.39, 0.29) is 0 Å². The van der Waals surface area contributed by atoms with Gasteiger partial charge >= 0.3 is 0 Å². The number of ether oxygens (including phenoxy) is 2. The number of aromatic nitrogens is 1. The number of methoxy groups -OCH3 is 1. The summed E-state index contributed by atoms with van der Waals surface area (Å²) < 4.78 is 10.7. The minimum atomic E-state index is 0.682. The first-order valence-electron chi connectivity index (χ1n) is 6.70. The molecule has 0 atom stereocenters. The summed E-state index contributed by atoms with van der Waals surface area (Å²) in [5.74, 6) is 1.77. The number of hydrogen-bond donors (Lipinski definition) is 1. The van der Waals surface area contributed by atoms with Crippen LogP contribution in [0.5, 0.6) is 11.5 Å². The summed E-state index contributed by atoms with van der Waals surface area (Å²) >= 11 is 0. The van der Waals surface area contributed by atoms with E-state index >= 15 is 0 Å². The van der Waals surface area contributed by atoms with Crippen LogP contribution < -0.4 is 9.47 Å². The lowest BCUT2D eigenvalue weighted by molar-refractivity contribution is 0.341. The van der Waals surface area contributed by atoms with Crippen molar-refractivity contribution in [2.24, 2.45) is 0 Å². The molecule has 1 heterocycles. The van der Waals surface area contributed by atoms with Gasteiger partial charge in [-0.3, -0.25) is 0 Å². The molecule has 0 amide bonds. The minimum absolute atomic E-state index is 0.682. The highest BCUT2D eigenvalue weighted by atomic mass is 16.5. The van der Waals surface area contributed by atoms with Gasteiger partial charge in [0.05, 0.1) is 13.7 Å². The molecular weight excluding hydrogens is 250 g/mol. The SMILES string of the molecule is CCOc1ccc2[nH]c(-c3ccc(OC)cc3)cc2c1. The van der Waals surface area contributed by atoms with E-state index in [0.29, 0.717) is 6.61 Å². The Labute approximate surface area is 118 Å². The zero-order valence-corrected chi connectivity index (χ0v) is 11.6. The predicted octanol–water partition coefficient (Wildman–Crippen LogP) is 4.24. The molecule has 102 valence electrons. The number of hydrogen-bond acceptors (Lipinski definition) is 2. The van der Waals surface area contributed by atoms with Gasteiger partial charge in [-0.15, -0.1) is 0 Å². The predicted molar refractivity (Wildman–Crippen MR) is 81.5 cm³/mol. The summed E-state index contributed by atoms with van der Waals surface area (Å²) in [6.07, 6.45) is 0. The van der Waals surface area contributed by atoms with Crippen molar-refractivity contribution in [2.75, 3.05) is 13.7 Å². The third-order valence-electron chi connectivity index (χ3n) is 3.30. The first-order chi connectivity index (χ1) is 9.80. The van der Waals surface area contributed by atoms with E-state index in [9.17, 15) is 0 Å². The lowest BCUT2D eigenvalue weighted by atomic mass is 10.1. The first kappa shape index (κ1) is 12.6. The van der Waals surface area contributed by atoms with Crippen molar-refractivity contribution in [3.8, 4) is 22.8 Å². The van der Waals surface area contributed by atoms with Gasteiger partial charge in [-0.2, -0.15) is 0 Å². The maximum absolute atomic E-state index is 5.53. The van der Waals surface area contributed by atoms with Crippen molar-refractivity contribution in [2.45, 2.75) is 6.92 Å². The van der Waals surface area contributed by atoms with Gasteiger partial charge in [-0.25, -0.2) is 0 Å². The molecule has 2 aromatic carbocycles. The van der Waals surface area contributed by atoms with E-state index < -0.39 is 0 Å². The molecule has 0 saturated carbocycles. The van der Waals surface area contributed by atoms with Crippen molar-refractivity contribution < 1.29 is 9.47 Å². The number of rotatable bonds is 4. The number of aromatic amines is 1. The first-order valence-corrected chi connectivity index (χ1v) is 6.70. The van der Waals surface area contributed by atoms with E-state index in [1.807, 2.05) is 43.3 Å². The third-order valence-corrected chi connectivity index (χ3v) is 3.30. The topological polar surface area (TPSA) is 34.2 Å². The summed E-state index contributed by atoms with van der Waals surface area (Å²) in [6.45, 7) is 2.67. The monoisotopic (exact) mass is 267 g/mol. The van der Waals surface area contributed by atoms with E-state index in [0.717, 1.165) is 33.7 Å². The third kappa shape index (κ3) is 2.35. The standard InChI is InChI=1S/C17H17NO2/c1-3-20-15-8-9-16-13(10-15)11-17(18-16)12-4-6-14(19-2)7-5-12/h4-11,18H,3H2,1-2H3. The molecule has 0 unspecified atom stereocenters. The zero-order chi connectivity index (χ0) is 13.9. The van der Waals surface area contributed by atoms with Gasteiger partial charge in [-0.1, -0.05) is 0 Å². The van der Waals surface area contributed by atoms with Gasteiger partial charge in [0.25, 0.3) is 0 Å². The Morgan fingerprint density at radius 1 is 0.950 bits per heavy atom. The molecule has 0 aliphatic rings. The summed E-state index contributed by atoms with van der Waals surface area (Å²) in [6, 6.07) is 16.3. The Morgan fingerprint density at radius 3 is 2.40 bits per heavy atom. The molecule has 0 spiro atoms. The van der Waals surface area contributed by atoms with Crippen molar-refractivity contribution in [1.82, 2.24) is 4.98 Å². The number of H-pyrrole nitrogens is 1. The molecule has 1 N–H and O–H groups in total. The van der Waals surface area contributed by atoms with Gasteiger partial charge in [-0.05, 0) is 61.0 Å². The van der Waals surface area contributed by atoms with Crippen LogP contribution in [0.2, 0.25) is 0 Å². The fourth-order valence-electron chi connectivity index (χ4n) is 2.29. The van der Waals surface area contributed by atoms with Crippen molar-refractivity contribution in [3.63, 3.8) is 0 Å². The Morgan fingerprint density at radius 2 is 1.70 bits per heavy atom. The smallest absolute Gasteiger partial charge is 0.120 e. The maximum Gasteiger partial charge on any atom is 0.120 e. The molecule has 3 heteroatoms. The van der Waals surface area contributed by atoms with Crippen LogP contribution in [0.25, 0.3) is 22.2 Å². The Hall–Kier alpha value is -2.42. The summed E-state index contributed by atoms with van der Waals surface area (Å²) in [4.78, 5) is 3.42. The minimum Gasteiger partial charge on any atom is -0.497 e. The molecule has 3 rings (SSSR count). The highest BCUT2D eigenvalue weighted by molar-refractivity contribution is 5.87. The molecule has 0 bridgehead atoms. The van der Waals surface area contributed by atoms with E-state index in [1.54, 1.807) is 7.11 Å². The van der Waals surface area contributed by atoms with E-state index in [1.165, 1.54) is 0 Å². The lowest BCUT2D eigenvalue weighted by Gasteiger charge is -2.01. The largest absolute Gasteiger partial charge is 0.497 e. The Kier molecular flexibility index (Phi) is 3.33. The second kappa shape index (κ2) is 5.29. The van der Waals surface area contributed by atoms with Crippen molar-refractivity contribution >= 4 is 10.9 Å². The van der Waals surface area contributed by atoms with Crippen LogP contribution in [-0.4, -0.2) is 18.7 Å². The summed E-state index contributed by atoms with van der Waals surface area (Å²) in [5, 5.41) is 1.15. The van der Waals surface area contributed by atoms with Gasteiger partial charge in [0.2, 0.25) is 0 Å². The molecule has 0 aliphatic carbocycles. The maximum atomic E-state index is 5.53. The highest BCUT2D eigenvalue weighted by Gasteiger charge is 2.05. The molecule has 3 aromatic rings. The van der Waals surface area contributed by atoms with Crippen LogP contribution in [0, 0.1) is 0 Å². The molecule has 1 aromatic heterocycles.